The molecule has 0 radical (unpaired) electrons. The van der Waals surface area contributed by atoms with Crippen LogP contribution in [0.15, 0.2) is 0 Å². The van der Waals surface area contributed by atoms with Crippen molar-refractivity contribution in [3.8, 4) is 0 Å². The number of hydrogen-bond donors (Lipinski definition) is 1. The fraction of sp³-hybridized carbons (Fsp3) is 1.00. The molecule has 2 heteroatoms. The van der Waals surface area contributed by atoms with Crippen LogP contribution in [0.5, 0.6) is 0 Å². The molecule has 3 unspecified atom stereocenters. The fourth-order valence-electron chi connectivity index (χ4n) is 3.12. The third-order valence-electron chi connectivity index (χ3n) is 3.88. The van der Waals surface area contributed by atoms with E-state index in [0.717, 1.165) is 6.04 Å². The Hall–Kier alpha value is -0.0800. The van der Waals surface area contributed by atoms with Gasteiger partial charge >= 0.3 is 0 Å². The van der Waals surface area contributed by atoms with Crippen LogP contribution in [0.2, 0.25) is 0 Å². The molecule has 1 heterocycles. The lowest BCUT2D eigenvalue weighted by atomic mass is 10.0. The second-order valence-electron chi connectivity index (χ2n) is 4.67. The van der Waals surface area contributed by atoms with E-state index in [1.807, 2.05) is 0 Å². The van der Waals surface area contributed by atoms with Gasteiger partial charge in [0, 0.05) is 18.7 Å². The van der Waals surface area contributed by atoms with Crippen molar-refractivity contribution in [2.75, 3.05) is 13.2 Å². The molecule has 2 nitrogen and oxygen atoms in total. The SMILES string of the molecule is CC1CCCN1C1CCCC1CO. The highest BCUT2D eigenvalue weighted by atomic mass is 16.3. The molecule has 0 amide bonds. The number of rotatable bonds is 2. The molecule has 1 aliphatic carbocycles. The average molecular weight is 183 g/mol. The van der Waals surface area contributed by atoms with Gasteiger partial charge in [-0.3, -0.25) is 4.90 Å². The summed E-state index contributed by atoms with van der Waals surface area (Å²) >= 11 is 0. The largest absolute Gasteiger partial charge is 0.396 e. The molecular formula is C11H21NO. The van der Waals surface area contributed by atoms with Crippen LogP contribution in [-0.4, -0.2) is 35.2 Å². The molecule has 2 aliphatic rings. The molecule has 13 heavy (non-hydrogen) atoms. The zero-order valence-corrected chi connectivity index (χ0v) is 8.58. The van der Waals surface area contributed by atoms with Crippen molar-refractivity contribution in [2.24, 2.45) is 5.92 Å². The Morgan fingerprint density at radius 3 is 2.69 bits per heavy atom. The number of aliphatic hydroxyl groups is 1. The Labute approximate surface area is 80.9 Å². The summed E-state index contributed by atoms with van der Waals surface area (Å²) in [5, 5.41) is 9.26. The van der Waals surface area contributed by atoms with Gasteiger partial charge in [0.05, 0.1) is 0 Å². The predicted molar refractivity (Wildman–Crippen MR) is 53.6 cm³/mol. The van der Waals surface area contributed by atoms with Crippen LogP contribution in [0.25, 0.3) is 0 Å². The minimum Gasteiger partial charge on any atom is -0.396 e. The zero-order chi connectivity index (χ0) is 9.26. The first-order valence-corrected chi connectivity index (χ1v) is 5.69. The molecule has 0 bridgehead atoms. The van der Waals surface area contributed by atoms with E-state index in [-0.39, 0.29) is 0 Å². The Balaban J connectivity index is 1.98. The summed E-state index contributed by atoms with van der Waals surface area (Å²) in [6, 6.07) is 1.46. The van der Waals surface area contributed by atoms with Gasteiger partial charge in [-0.05, 0) is 45.1 Å². The highest BCUT2D eigenvalue weighted by Crippen LogP contribution is 2.33. The maximum absolute atomic E-state index is 9.26. The van der Waals surface area contributed by atoms with E-state index in [4.69, 9.17) is 0 Å². The Bertz CT molecular complexity index is 171. The first kappa shape index (κ1) is 9.47. The summed E-state index contributed by atoms with van der Waals surface area (Å²) in [4.78, 5) is 2.63. The minimum atomic E-state index is 0.397. The van der Waals surface area contributed by atoms with E-state index in [2.05, 4.69) is 11.8 Å². The average Bonchev–Trinajstić information content (AvgIpc) is 2.71. The Kier molecular flexibility index (Phi) is 2.89. The molecule has 0 aromatic heterocycles. The first-order valence-electron chi connectivity index (χ1n) is 5.69. The van der Waals surface area contributed by atoms with Gasteiger partial charge in [-0.25, -0.2) is 0 Å². The molecule has 76 valence electrons. The Morgan fingerprint density at radius 1 is 1.23 bits per heavy atom. The van der Waals surface area contributed by atoms with Gasteiger partial charge in [-0.1, -0.05) is 6.42 Å². The zero-order valence-electron chi connectivity index (χ0n) is 8.58. The van der Waals surface area contributed by atoms with Crippen molar-refractivity contribution in [3.63, 3.8) is 0 Å². The van der Waals surface area contributed by atoms with Gasteiger partial charge in [0.1, 0.15) is 0 Å². The Morgan fingerprint density at radius 2 is 2.08 bits per heavy atom. The maximum Gasteiger partial charge on any atom is 0.0474 e. The standard InChI is InChI=1S/C11H21NO/c1-9-4-3-7-12(9)11-6-2-5-10(11)8-13/h9-11,13H,2-8H2,1H3. The second kappa shape index (κ2) is 3.97. The minimum absolute atomic E-state index is 0.397. The highest BCUT2D eigenvalue weighted by Gasteiger charge is 2.35. The first-order chi connectivity index (χ1) is 6.33. The van der Waals surface area contributed by atoms with Crippen molar-refractivity contribution in [1.29, 1.82) is 0 Å². The summed E-state index contributed by atoms with van der Waals surface area (Å²) in [5.41, 5.74) is 0. The number of likely N-dealkylation sites (tertiary alicyclic amines) is 1. The monoisotopic (exact) mass is 183 g/mol. The topological polar surface area (TPSA) is 23.5 Å². The van der Waals surface area contributed by atoms with Crippen LogP contribution in [0.3, 0.4) is 0 Å². The van der Waals surface area contributed by atoms with Gasteiger partial charge in [0.2, 0.25) is 0 Å². The quantitative estimate of drug-likeness (QED) is 0.703. The van der Waals surface area contributed by atoms with Gasteiger partial charge in [0.15, 0.2) is 0 Å². The number of aliphatic hydroxyl groups excluding tert-OH is 1. The van der Waals surface area contributed by atoms with Crippen molar-refractivity contribution in [1.82, 2.24) is 4.90 Å². The summed E-state index contributed by atoms with van der Waals surface area (Å²) in [5.74, 6) is 0.570. The molecular weight excluding hydrogens is 162 g/mol. The maximum atomic E-state index is 9.26. The van der Waals surface area contributed by atoms with E-state index in [9.17, 15) is 5.11 Å². The normalized spacial score (nSPS) is 41.5. The molecule has 3 atom stereocenters. The lowest BCUT2D eigenvalue weighted by molar-refractivity contribution is 0.112. The molecule has 1 N–H and O–H groups in total. The van der Waals surface area contributed by atoms with E-state index in [1.165, 1.54) is 38.6 Å². The van der Waals surface area contributed by atoms with E-state index in [1.54, 1.807) is 0 Å². The van der Waals surface area contributed by atoms with Crippen LogP contribution in [0.4, 0.5) is 0 Å². The van der Waals surface area contributed by atoms with Gasteiger partial charge in [-0.2, -0.15) is 0 Å². The van der Waals surface area contributed by atoms with Crippen molar-refractivity contribution < 1.29 is 5.11 Å². The number of hydrogen-bond acceptors (Lipinski definition) is 2. The lowest BCUT2D eigenvalue weighted by Crippen LogP contribution is -2.40. The fourth-order valence-corrected chi connectivity index (χ4v) is 3.12. The van der Waals surface area contributed by atoms with E-state index < -0.39 is 0 Å². The van der Waals surface area contributed by atoms with Crippen LogP contribution in [0, 0.1) is 5.92 Å². The van der Waals surface area contributed by atoms with Gasteiger partial charge in [-0.15, -0.1) is 0 Å². The molecule has 0 aromatic carbocycles. The van der Waals surface area contributed by atoms with Crippen molar-refractivity contribution in [3.05, 3.63) is 0 Å². The predicted octanol–water partition coefficient (Wildman–Crippen LogP) is 1.63. The summed E-state index contributed by atoms with van der Waals surface area (Å²) < 4.78 is 0. The third kappa shape index (κ3) is 1.75. The second-order valence-corrected chi connectivity index (χ2v) is 4.67. The third-order valence-corrected chi connectivity index (χ3v) is 3.88. The molecule has 0 aromatic rings. The van der Waals surface area contributed by atoms with Crippen molar-refractivity contribution >= 4 is 0 Å². The summed E-state index contributed by atoms with van der Waals surface area (Å²) in [6.45, 7) is 4.00. The van der Waals surface area contributed by atoms with Crippen LogP contribution in [0.1, 0.15) is 39.0 Å². The van der Waals surface area contributed by atoms with Crippen molar-refractivity contribution in [2.45, 2.75) is 51.1 Å². The summed E-state index contributed by atoms with van der Waals surface area (Å²) in [6.07, 6.45) is 6.59. The number of nitrogens with zero attached hydrogens (tertiary/aromatic N) is 1. The molecule has 2 rings (SSSR count). The highest BCUT2D eigenvalue weighted by molar-refractivity contribution is 4.90. The van der Waals surface area contributed by atoms with Gasteiger partial charge < -0.3 is 5.11 Å². The van der Waals surface area contributed by atoms with Crippen LogP contribution >= 0.6 is 0 Å². The van der Waals surface area contributed by atoms with E-state index in [0.29, 0.717) is 18.6 Å². The lowest BCUT2D eigenvalue weighted by Gasteiger charge is -2.32. The van der Waals surface area contributed by atoms with Crippen LogP contribution in [-0.2, 0) is 0 Å². The molecule has 1 aliphatic heterocycles. The molecule has 2 fully saturated rings. The van der Waals surface area contributed by atoms with Crippen LogP contribution < -0.4 is 0 Å². The molecule has 1 saturated heterocycles. The molecule has 0 spiro atoms. The summed E-state index contributed by atoms with van der Waals surface area (Å²) in [7, 11) is 0. The van der Waals surface area contributed by atoms with E-state index >= 15 is 0 Å². The molecule has 1 saturated carbocycles. The smallest absolute Gasteiger partial charge is 0.0474 e. The van der Waals surface area contributed by atoms with Gasteiger partial charge in [0.25, 0.3) is 0 Å².